The van der Waals surface area contributed by atoms with Crippen LogP contribution in [0.3, 0.4) is 0 Å². The number of hydrogen-bond donors (Lipinski definition) is 3. The highest BCUT2D eigenvalue weighted by Gasteiger charge is 2.16. The van der Waals surface area contributed by atoms with Gasteiger partial charge in [-0.3, -0.25) is 9.89 Å². The van der Waals surface area contributed by atoms with E-state index < -0.39 is 5.91 Å². The maximum atomic E-state index is 11.3. The fourth-order valence-corrected chi connectivity index (χ4v) is 2.07. The lowest BCUT2D eigenvalue weighted by molar-refractivity contribution is 0.100. The van der Waals surface area contributed by atoms with Crippen LogP contribution in [0.1, 0.15) is 15.9 Å². The highest BCUT2D eigenvalue weighted by Crippen LogP contribution is 2.25. The zero-order chi connectivity index (χ0) is 13.6. The van der Waals surface area contributed by atoms with Crippen molar-refractivity contribution < 1.29 is 4.79 Å². The molecule has 0 saturated heterocycles. The van der Waals surface area contributed by atoms with Gasteiger partial charge in [-0.2, -0.15) is 5.10 Å². The summed E-state index contributed by atoms with van der Waals surface area (Å²) in [7, 11) is 0. The molecule has 2 aromatic heterocycles. The molecule has 0 atom stereocenters. The van der Waals surface area contributed by atoms with Gasteiger partial charge >= 0.3 is 0 Å². The lowest BCUT2D eigenvalue weighted by atomic mass is 10.2. The van der Waals surface area contributed by atoms with Gasteiger partial charge < -0.3 is 10.7 Å². The van der Waals surface area contributed by atoms with E-state index in [0.717, 1.165) is 16.6 Å². The predicted molar refractivity (Wildman–Crippen MR) is 71.9 cm³/mol. The van der Waals surface area contributed by atoms with Gasteiger partial charge in [0.25, 0.3) is 5.91 Å². The van der Waals surface area contributed by atoms with Gasteiger partial charge in [0.15, 0.2) is 5.82 Å². The molecule has 3 aromatic rings. The number of primary amides is 1. The molecule has 3 rings (SSSR count). The molecule has 1 amide bonds. The maximum Gasteiger partial charge on any atom is 0.252 e. The lowest BCUT2D eigenvalue weighted by Crippen LogP contribution is -2.11. The fraction of sp³-hybridized carbons (Fsp3) is 0.0833. The van der Waals surface area contributed by atoms with Crippen molar-refractivity contribution in [1.82, 2.24) is 20.2 Å². The molecule has 0 bridgehead atoms. The molecule has 0 spiro atoms. The molecule has 0 fully saturated rings. The summed E-state index contributed by atoms with van der Waals surface area (Å²) in [6, 6.07) is 3.67. The molecule has 19 heavy (non-hydrogen) atoms. The van der Waals surface area contributed by atoms with Gasteiger partial charge in [-0.1, -0.05) is 11.6 Å². The fourth-order valence-electron chi connectivity index (χ4n) is 1.91. The van der Waals surface area contributed by atoms with Crippen LogP contribution in [0.25, 0.3) is 22.6 Å². The third-order valence-corrected chi connectivity index (χ3v) is 3.31. The third-order valence-electron chi connectivity index (χ3n) is 2.90. The predicted octanol–water partition coefficient (Wildman–Crippen LogP) is 2.01. The molecule has 1 aromatic carbocycles. The number of nitrogens with one attached hydrogen (secondary N) is 2. The summed E-state index contributed by atoms with van der Waals surface area (Å²) in [6.45, 7) is 1.91. The number of amides is 1. The number of hydrogen-bond acceptors (Lipinski definition) is 3. The molecule has 0 radical (unpaired) electrons. The zero-order valence-corrected chi connectivity index (χ0v) is 10.7. The summed E-state index contributed by atoms with van der Waals surface area (Å²) in [5.41, 5.74) is 8.54. The van der Waals surface area contributed by atoms with Crippen molar-refractivity contribution in [2.75, 3.05) is 0 Å². The van der Waals surface area contributed by atoms with Gasteiger partial charge in [-0.25, -0.2) is 4.98 Å². The first-order valence-electron chi connectivity index (χ1n) is 5.55. The topological polar surface area (TPSA) is 100 Å². The van der Waals surface area contributed by atoms with Crippen LogP contribution in [0.15, 0.2) is 18.3 Å². The Morgan fingerprint density at radius 1 is 1.42 bits per heavy atom. The number of aromatic nitrogens is 4. The van der Waals surface area contributed by atoms with E-state index >= 15 is 0 Å². The van der Waals surface area contributed by atoms with Gasteiger partial charge in [-0.15, -0.1) is 0 Å². The summed E-state index contributed by atoms with van der Waals surface area (Å²) in [5.74, 6) is -0.0543. The van der Waals surface area contributed by atoms with Gasteiger partial charge in [-0.05, 0) is 24.6 Å². The minimum absolute atomic E-state index is 0.293. The van der Waals surface area contributed by atoms with E-state index in [1.54, 1.807) is 6.07 Å². The second-order valence-corrected chi connectivity index (χ2v) is 4.63. The van der Waals surface area contributed by atoms with E-state index in [4.69, 9.17) is 17.3 Å². The number of carbonyl (C=O) groups excluding carboxylic acids is 1. The van der Waals surface area contributed by atoms with E-state index in [-0.39, 0.29) is 0 Å². The molecule has 0 saturated carbocycles. The number of aryl methyl sites for hydroxylation is 1. The van der Waals surface area contributed by atoms with E-state index in [9.17, 15) is 4.79 Å². The van der Waals surface area contributed by atoms with Crippen LogP contribution in [0, 0.1) is 6.92 Å². The number of fused-ring (bicyclic) bond motifs is 1. The second kappa shape index (κ2) is 4.10. The monoisotopic (exact) mass is 275 g/mol. The highest BCUT2D eigenvalue weighted by atomic mass is 35.5. The molecule has 96 valence electrons. The Hall–Kier alpha value is -2.34. The summed E-state index contributed by atoms with van der Waals surface area (Å²) in [5, 5.41) is 7.17. The standard InChI is InChI=1S/C12H10ClN5O/c1-5-2-8-9(3-7(5)13)17-12(16-8)10-6(11(14)19)4-15-18-10/h2-4H,1H3,(H2,14,19)(H,15,18)(H,16,17). The van der Waals surface area contributed by atoms with Crippen molar-refractivity contribution in [3.63, 3.8) is 0 Å². The van der Waals surface area contributed by atoms with Crippen molar-refractivity contribution in [2.45, 2.75) is 6.92 Å². The van der Waals surface area contributed by atoms with Gasteiger partial charge in [0, 0.05) is 5.02 Å². The molecular weight excluding hydrogens is 266 g/mol. The van der Waals surface area contributed by atoms with Crippen LogP contribution in [-0.4, -0.2) is 26.1 Å². The van der Waals surface area contributed by atoms with E-state index in [1.165, 1.54) is 6.20 Å². The number of H-pyrrole nitrogens is 2. The normalized spacial score (nSPS) is 11.1. The van der Waals surface area contributed by atoms with Gasteiger partial charge in [0.2, 0.25) is 0 Å². The van der Waals surface area contributed by atoms with Crippen molar-refractivity contribution in [2.24, 2.45) is 5.73 Å². The Balaban J connectivity index is 2.21. The quantitative estimate of drug-likeness (QED) is 0.667. The number of imidazole rings is 1. The average molecular weight is 276 g/mol. The Bertz CT molecular complexity index is 750. The smallest absolute Gasteiger partial charge is 0.252 e. The second-order valence-electron chi connectivity index (χ2n) is 4.23. The Labute approximate surface area is 113 Å². The summed E-state index contributed by atoms with van der Waals surface area (Å²) in [4.78, 5) is 18.8. The van der Waals surface area contributed by atoms with Crippen molar-refractivity contribution in [1.29, 1.82) is 0 Å². The third kappa shape index (κ3) is 1.86. The van der Waals surface area contributed by atoms with Crippen LogP contribution in [0.2, 0.25) is 5.02 Å². The molecule has 0 aliphatic heterocycles. The average Bonchev–Trinajstić information content (AvgIpc) is 2.95. The molecule has 7 heteroatoms. The first-order chi connectivity index (χ1) is 9.06. The van der Waals surface area contributed by atoms with E-state index in [1.807, 2.05) is 13.0 Å². The summed E-state index contributed by atoms with van der Waals surface area (Å²) < 4.78 is 0. The van der Waals surface area contributed by atoms with E-state index in [0.29, 0.717) is 22.1 Å². The Morgan fingerprint density at radius 3 is 2.95 bits per heavy atom. The molecule has 0 unspecified atom stereocenters. The first kappa shape index (κ1) is 11.7. The number of carbonyl (C=O) groups is 1. The molecule has 6 nitrogen and oxygen atoms in total. The zero-order valence-electron chi connectivity index (χ0n) is 9.99. The minimum atomic E-state index is -0.557. The molecule has 2 heterocycles. The first-order valence-corrected chi connectivity index (χ1v) is 5.93. The number of nitrogens with zero attached hydrogens (tertiary/aromatic N) is 2. The number of halogens is 1. The number of aromatic amines is 2. The van der Waals surface area contributed by atoms with E-state index in [2.05, 4.69) is 20.2 Å². The highest BCUT2D eigenvalue weighted by molar-refractivity contribution is 6.32. The van der Waals surface area contributed by atoms with Crippen LogP contribution >= 0.6 is 11.6 Å². The molecule has 0 aliphatic carbocycles. The number of nitrogens with two attached hydrogens (primary N) is 1. The lowest BCUT2D eigenvalue weighted by Gasteiger charge is -1.95. The maximum absolute atomic E-state index is 11.3. The van der Waals surface area contributed by atoms with Crippen LogP contribution in [0.5, 0.6) is 0 Å². The molecule has 0 aliphatic rings. The number of benzene rings is 1. The molecular formula is C12H10ClN5O. The van der Waals surface area contributed by atoms with Gasteiger partial charge in [0.05, 0.1) is 22.8 Å². The van der Waals surface area contributed by atoms with Crippen molar-refractivity contribution in [3.8, 4) is 11.5 Å². The molecule has 4 N–H and O–H groups in total. The largest absolute Gasteiger partial charge is 0.365 e. The Kier molecular flexibility index (Phi) is 2.53. The SMILES string of the molecule is Cc1cc2[nH]c(-c3[nH]ncc3C(N)=O)nc2cc1Cl. The van der Waals surface area contributed by atoms with Crippen LogP contribution < -0.4 is 5.73 Å². The summed E-state index contributed by atoms with van der Waals surface area (Å²) >= 11 is 6.06. The van der Waals surface area contributed by atoms with Gasteiger partial charge in [0.1, 0.15) is 5.69 Å². The van der Waals surface area contributed by atoms with Crippen LogP contribution in [0.4, 0.5) is 0 Å². The minimum Gasteiger partial charge on any atom is -0.365 e. The van der Waals surface area contributed by atoms with Crippen molar-refractivity contribution >= 4 is 28.5 Å². The number of rotatable bonds is 2. The van der Waals surface area contributed by atoms with Crippen LogP contribution in [-0.2, 0) is 0 Å². The summed E-state index contributed by atoms with van der Waals surface area (Å²) in [6.07, 6.45) is 1.38. The van der Waals surface area contributed by atoms with Crippen molar-refractivity contribution in [3.05, 3.63) is 34.5 Å². The Morgan fingerprint density at radius 2 is 2.21 bits per heavy atom.